The summed E-state index contributed by atoms with van der Waals surface area (Å²) < 4.78 is 0. The van der Waals surface area contributed by atoms with Gasteiger partial charge in [-0.15, -0.1) is 0 Å². The average molecular weight is 233 g/mol. The topological polar surface area (TPSA) is 58.2 Å². The molecule has 0 saturated carbocycles. The zero-order valence-electron chi connectivity index (χ0n) is 9.95. The van der Waals surface area contributed by atoms with Gasteiger partial charge >= 0.3 is 0 Å². The van der Waals surface area contributed by atoms with Crippen LogP contribution in [0.5, 0.6) is 0 Å². The third-order valence-corrected chi connectivity index (χ3v) is 2.19. The summed E-state index contributed by atoms with van der Waals surface area (Å²) in [6.07, 6.45) is 2.30. The minimum absolute atomic E-state index is 0.0114. The van der Waals surface area contributed by atoms with Crippen LogP contribution in [0.4, 0.5) is 5.69 Å². The summed E-state index contributed by atoms with van der Waals surface area (Å²) >= 11 is 0. The van der Waals surface area contributed by atoms with Crippen LogP contribution in [0.15, 0.2) is 24.3 Å². The fourth-order valence-electron chi connectivity index (χ4n) is 1.28. The van der Waals surface area contributed by atoms with Crippen LogP contribution in [0.1, 0.15) is 26.2 Å². The Morgan fingerprint density at radius 1 is 1.35 bits per heavy atom. The van der Waals surface area contributed by atoms with Crippen LogP contribution in [0.2, 0.25) is 0 Å². The van der Waals surface area contributed by atoms with Gasteiger partial charge in [0, 0.05) is 12.1 Å². The molecule has 4 nitrogen and oxygen atoms in total. The van der Waals surface area contributed by atoms with Crippen molar-refractivity contribution in [3.05, 3.63) is 30.3 Å². The number of nitrogens with one attached hydrogen (secondary N) is 2. The third-order valence-electron chi connectivity index (χ3n) is 2.19. The van der Waals surface area contributed by atoms with E-state index in [1.165, 1.54) is 0 Å². The standard InChI is InChI=1S/C13H17N2O2/c1-2-3-9-12(16)14-10-13(17)15-11-7-5-4-6-8-11/h4-5,7-8H,2-3,9-10H2,1H3,(H,14,16)(H,15,17). The SMILES string of the molecule is CCCCC(=O)NCC(=O)Nc1c[c]ccc1. The molecule has 91 valence electrons. The molecule has 17 heavy (non-hydrogen) atoms. The Kier molecular flexibility index (Phi) is 5.79. The van der Waals surface area contributed by atoms with E-state index in [1.54, 1.807) is 24.3 Å². The van der Waals surface area contributed by atoms with Crippen molar-refractivity contribution in [2.24, 2.45) is 0 Å². The second-order valence-electron chi connectivity index (χ2n) is 3.72. The Morgan fingerprint density at radius 2 is 2.18 bits per heavy atom. The van der Waals surface area contributed by atoms with Gasteiger partial charge in [0.15, 0.2) is 0 Å². The fraction of sp³-hybridized carbons (Fsp3) is 0.385. The first-order valence-corrected chi connectivity index (χ1v) is 5.75. The number of benzene rings is 1. The minimum atomic E-state index is -0.227. The second kappa shape index (κ2) is 7.44. The van der Waals surface area contributed by atoms with Gasteiger partial charge in [-0.05, 0) is 24.6 Å². The summed E-state index contributed by atoms with van der Waals surface area (Å²) in [5.74, 6) is -0.309. The lowest BCUT2D eigenvalue weighted by Crippen LogP contribution is -2.32. The number of rotatable bonds is 6. The van der Waals surface area contributed by atoms with E-state index in [-0.39, 0.29) is 18.4 Å². The molecule has 0 aromatic heterocycles. The molecule has 0 aliphatic carbocycles. The predicted octanol–water partition coefficient (Wildman–Crippen LogP) is 1.73. The van der Waals surface area contributed by atoms with E-state index in [4.69, 9.17) is 0 Å². The summed E-state index contributed by atoms with van der Waals surface area (Å²) in [4.78, 5) is 22.7. The highest BCUT2D eigenvalue weighted by Gasteiger charge is 2.04. The lowest BCUT2D eigenvalue weighted by atomic mass is 10.2. The fourth-order valence-corrected chi connectivity index (χ4v) is 1.28. The van der Waals surface area contributed by atoms with Crippen molar-refractivity contribution in [1.82, 2.24) is 5.32 Å². The number of anilines is 1. The first-order chi connectivity index (χ1) is 8.22. The van der Waals surface area contributed by atoms with Crippen molar-refractivity contribution in [2.45, 2.75) is 26.2 Å². The van der Waals surface area contributed by atoms with Crippen molar-refractivity contribution >= 4 is 17.5 Å². The Labute approximate surface area is 101 Å². The molecule has 0 aliphatic rings. The van der Waals surface area contributed by atoms with E-state index in [1.807, 2.05) is 6.92 Å². The van der Waals surface area contributed by atoms with Crippen LogP contribution in [0.25, 0.3) is 0 Å². The van der Waals surface area contributed by atoms with Crippen molar-refractivity contribution < 1.29 is 9.59 Å². The van der Waals surface area contributed by atoms with Crippen LogP contribution < -0.4 is 10.6 Å². The number of amides is 2. The normalized spacial score (nSPS) is 9.71. The Hall–Kier alpha value is -1.84. The molecule has 1 aromatic carbocycles. The minimum Gasteiger partial charge on any atom is -0.347 e. The number of hydrogen-bond donors (Lipinski definition) is 2. The molecule has 1 radical (unpaired) electrons. The van der Waals surface area contributed by atoms with Gasteiger partial charge in [-0.1, -0.05) is 25.5 Å². The summed E-state index contributed by atoms with van der Waals surface area (Å²) in [5.41, 5.74) is 0.681. The zero-order valence-corrected chi connectivity index (χ0v) is 9.95. The molecular formula is C13H17N2O2. The van der Waals surface area contributed by atoms with Gasteiger partial charge in [0.1, 0.15) is 0 Å². The number of unbranched alkanes of at least 4 members (excludes halogenated alkanes) is 1. The quantitative estimate of drug-likeness (QED) is 0.786. The first-order valence-electron chi connectivity index (χ1n) is 5.75. The predicted molar refractivity (Wildman–Crippen MR) is 66.4 cm³/mol. The molecule has 0 spiro atoms. The summed E-state index contributed by atoms with van der Waals surface area (Å²) in [7, 11) is 0. The van der Waals surface area contributed by atoms with Crippen molar-refractivity contribution in [3.63, 3.8) is 0 Å². The maximum Gasteiger partial charge on any atom is 0.243 e. The van der Waals surface area contributed by atoms with Crippen molar-refractivity contribution in [2.75, 3.05) is 11.9 Å². The lowest BCUT2D eigenvalue weighted by Gasteiger charge is -2.06. The van der Waals surface area contributed by atoms with E-state index in [9.17, 15) is 9.59 Å². The highest BCUT2D eigenvalue weighted by Crippen LogP contribution is 2.03. The summed E-state index contributed by atoms with van der Waals surface area (Å²) in [5, 5.41) is 5.24. The molecule has 0 fully saturated rings. The molecule has 2 N–H and O–H groups in total. The highest BCUT2D eigenvalue weighted by atomic mass is 16.2. The van der Waals surface area contributed by atoms with Crippen LogP contribution in [0.3, 0.4) is 0 Å². The smallest absolute Gasteiger partial charge is 0.243 e. The molecular weight excluding hydrogens is 216 g/mol. The molecule has 0 atom stereocenters. The zero-order chi connectivity index (χ0) is 12.5. The van der Waals surface area contributed by atoms with Gasteiger partial charge < -0.3 is 10.6 Å². The van der Waals surface area contributed by atoms with E-state index in [0.29, 0.717) is 12.1 Å². The van der Waals surface area contributed by atoms with E-state index in [0.717, 1.165) is 12.8 Å². The Bertz CT molecular complexity index is 363. The van der Waals surface area contributed by atoms with E-state index < -0.39 is 0 Å². The number of hydrogen-bond acceptors (Lipinski definition) is 2. The molecule has 1 rings (SSSR count). The van der Waals surface area contributed by atoms with Crippen LogP contribution in [0, 0.1) is 6.07 Å². The van der Waals surface area contributed by atoms with E-state index in [2.05, 4.69) is 16.7 Å². The average Bonchev–Trinajstić information content (AvgIpc) is 2.35. The molecule has 2 amide bonds. The van der Waals surface area contributed by atoms with E-state index >= 15 is 0 Å². The Balaban J connectivity index is 2.24. The largest absolute Gasteiger partial charge is 0.347 e. The number of carbonyl (C=O) groups is 2. The first kappa shape index (κ1) is 13.2. The summed E-state index contributed by atoms with van der Waals surface area (Å²) in [6, 6.07) is 9.84. The second-order valence-corrected chi connectivity index (χ2v) is 3.72. The maximum absolute atomic E-state index is 11.5. The van der Waals surface area contributed by atoms with Crippen molar-refractivity contribution in [3.8, 4) is 0 Å². The van der Waals surface area contributed by atoms with Gasteiger partial charge in [0.05, 0.1) is 6.54 Å². The van der Waals surface area contributed by atoms with Gasteiger partial charge in [-0.3, -0.25) is 9.59 Å². The molecule has 0 aliphatic heterocycles. The third kappa shape index (κ3) is 5.70. The lowest BCUT2D eigenvalue weighted by molar-refractivity contribution is -0.124. The van der Waals surface area contributed by atoms with Crippen LogP contribution >= 0.6 is 0 Å². The van der Waals surface area contributed by atoms with Gasteiger partial charge in [0.25, 0.3) is 0 Å². The maximum atomic E-state index is 11.5. The molecule has 1 aromatic rings. The monoisotopic (exact) mass is 233 g/mol. The van der Waals surface area contributed by atoms with Crippen LogP contribution in [-0.2, 0) is 9.59 Å². The molecule has 0 heterocycles. The molecule has 0 unspecified atom stereocenters. The van der Waals surface area contributed by atoms with Gasteiger partial charge in [-0.2, -0.15) is 0 Å². The molecule has 0 saturated heterocycles. The Morgan fingerprint density at radius 3 is 2.82 bits per heavy atom. The number of carbonyl (C=O) groups excluding carboxylic acids is 2. The highest BCUT2D eigenvalue weighted by molar-refractivity contribution is 5.94. The molecule has 4 heteroatoms. The van der Waals surface area contributed by atoms with Crippen LogP contribution in [-0.4, -0.2) is 18.4 Å². The summed E-state index contributed by atoms with van der Waals surface area (Å²) in [6.45, 7) is 2.03. The molecule has 0 bridgehead atoms. The van der Waals surface area contributed by atoms with Crippen molar-refractivity contribution in [1.29, 1.82) is 0 Å². The van der Waals surface area contributed by atoms with Gasteiger partial charge in [-0.25, -0.2) is 0 Å². The van der Waals surface area contributed by atoms with Gasteiger partial charge in [0.2, 0.25) is 11.8 Å².